The Bertz CT molecular complexity index is 708. The highest BCUT2D eigenvalue weighted by Crippen LogP contribution is 2.11. The Hall–Kier alpha value is -2.63. The summed E-state index contributed by atoms with van der Waals surface area (Å²) in [5.74, 6) is 0. The molecule has 0 aliphatic heterocycles. The van der Waals surface area contributed by atoms with Crippen LogP contribution in [0.25, 0.3) is 0 Å². The molecule has 0 aliphatic rings. The summed E-state index contributed by atoms with van der Waals surface area (Å²) >= 11 is 0. The van der Waals surface area contributed by atoms with Gasteiger partial charge in [-0.2, -0.15) is 0 Å². The van der Waals surface area contributed by atoms with Gasteiger partial charge in [-0.3, -0.25) is 19.9 Å². The van der Waals surface area contributed by atoms with Crippen LogP contribution in [-0.2, 0) is 19.6 Å². The van der Waals surface area contributed by atoms with Crippen molar-refractivity contribution < 1.29 is 0 Å². The fourth-order valence-corrected chi connectivity index (χ4v) is 2.81. The molecule has 3 aromatic rings. The molecular formula is C21H25N5. The van der Waals surface area contributed by atoms with E-state index < -0.39 is 0 Å². The second-order valence-corrected chi connectivity index (χ2v) is 6.35. The molecule has 5 heteroatoms. The maximum absolute atomic E-state index is 4.48. The topological polar surface area (TPSA) is 53.9 Å². The summed E-state index contributed by atoms with van der Waals surface area (Å²) in [6, 6.07) is 18.4. The summed E-state index contributed by atoms with van der Waals surface area (Å²) in [6.07, 6.45) is 5.52. The lowest BCUT2D eigenvalue weighted by atomic mass is 10.2. The van der Waals surface area contributed by atoms with Gasteiger partial charge in [0.2, 0.25) is 0 Å². The summed E-state index contributed by atoms with van der Waals surface area (Å²) in [5, 5.41) is 3.51. The second-order valence-electron chi connectivity index (χ2n) is 6.35. The van der Waals surface area contributed by atoms with Crippen molar-refractivity contribution in [1.82, 2.24) is 25.2 Å². The number of nitrogens with one attached hydrogen (secondary N) is 1. The number of nitrogens with zero attached hydrogens (tertiary/aromatic N) is 4. The molecule has 1 unspecified atom stereocenters. The molecule has 0 saturated heterocycles. The first-order valence-electron chi connectivity index (χ1n) is 8.96. The lowest BCUT2D eigenvalue weighted by molar-refractivity contribution is 0.182. The first-order valence-corrected chi connectivity index (χ1v) is 8.96. The maximum Gasteiger partial charge on any atom is 0.0544 e. The summed E-state index contributed by atoms with van der Waals surface area (Å²) in [7, 11) is 0. The van der Waals surface area contributed by atoms with Gasteiger partial charge in [-0.25, -0.2) is 0 Å². The van der Waals surface area contributed by atoms with Gasteiger partial charge < -0.3 is 5.32 Å². The molecule has 0 radical (unpaired) electrons. The Morgan fingerprint density at radius 2 is 1.27 bits per heavy atom. The number of rotatable bonds is 9. The Kier molecular flexibility index (Phi) is 6.81. The molecule has 3 rings (SSSR count). The zero-order chi connectivity index (χ0) is 18.0. The van der Waals surface area contributed by atoms with Crippen molar-refractivity contribution in [1.29, 1.82) is 0 Å². The first kappa shape index (κ1) is 18.2. The van der Waals surface area contributed by atoms with Crippen molar-refractivity contribution in [3.8, 4) is 0 Å². The van der Waals surface area contributed by atoms with E-state index in [0.717, 1.165) is 43.3 Å². The van der Waals surface area contributed by atoms with Crippen LogP contribution < -0.4 is 5.32 Å². The van der Waals surface area contributed by atoms with Crippen molar-refractivity contribution in [2.75, 3.05) is 6.54 Å². The third-order valence-electron chi connectivity index (χ3n) is 4.28. The molecule has 0 spiro atoms. The number of pyridine rings is 3. The average molecular weight is 347 g/mol. The van der Waals surface area contributed by atoms with E-state index in [1.807, 2.05) is 61.1 Å². The minimum atomic E-state index is 0.336. The molecule has 0 aliphatic carbocycles. The molecule has 134 valence electrons. The lowest BCUT2D eigenvalue weighted by Gasteiger charge is -2.29. The molecule has 0 bridgehead atoms. The van der Waals surface area contributed by atoms with Gasteiger partial charge >= 0.3 is 0 Å². The van der Waals surface area contributed by atoms with Crippen LogP contribution in [0.4, 0.5) is 0 Å². The lowest BCUT2D eigenvalue weighted by Crippen LogP contribution is -2.39. The van der Waals surface area contributed by atoms with E-state index in [1.165, 1.54) is 0 Å². The molecule has 3 heterocycles. The van der Waals surface area contributed by atoms with Gasteiger partial charge in [0.15, 0.2) is 0 Å². The predicted octanol–water partition coefficient (Wildman–Crippen LogP) is 3.05. The van der Waals surface area contributed by atoms with Crippen LogP contribution in [0.2, 0.25) is 0 Å². The monoisotopic (exact) mass is 347 g/mol. The van der Waals surface area contributed by atoms with Gasteiger partial charge in [0.25, 0.3) is 0 Å². The molecule has 0 saturated carbocycles. The zero-order valence-electron chi connectivity index (χ0n) is 15.1. The van der Waals surface area contributed by atoms with E-state index in [9.17, 15) is 0 Å². The highest BCUT2D eigenvalue weighted by molar-refractivity contribution is 5.07. The second kappa shape index (κ2) is 9.75. The van der Waals surface area contributed by atoms with Crippen molar-refractivity contribution >= 4 is 0 Å². The van der Waals surface area contributed by atoms with E-state index in [4.69, 9.17) is 0 Å². The van der Waals surface area contributed by atoms with Crippen molar-refractivity contribution in [3.63, 3.8) is 0 Å². The molecule has 0 fully saturated rings. The summed E-state index contributed by atoms with van der Waals surface area (Å²) in [6.45, 7) is 5.47. The highest BCUT2D eigenvalue weighted by Gasteiger charge is 2.16. The van der Waals surface area contributed by atoms with Crippen molar-refractivity contribution in [2.24, 2.45) is 0 Å². The maximum atomic E-state index is 4.48. The van der Waals surface area contributed by atoms with Crippen LogP contribution in [0.3, 0.4) is 0 Å². The Labute approximate surface area is 155 Å². The van der Waals surface area contributed by atoms with Gasteiger partial charge in [-0.1, -0.05) is 18.2 Å². The van der Waals surface area contributed by atoms with E-state index in [0.29, 0.717) is 6.04 Å². The SMILES string of the molecule is CC(CNCc1ccccn1)N(Cc1ccccn1)Cc1ccccn1. The van der Waals surface area contributed by atoms with E-state index in [1.54, 1.807) is 0 Å². The summed E-state index contributed by atoms with van der Waals surface area (Å²) in [4.78, 5) is 15.7. The fourth-order valence-electron chi connectivity index (χ4n) is 2.81. The van der Waals surface area contributed by atoms with Crippen LogP contribution in [-0.4, -0.2) is 32.4 Å². The molecule has 1 N–H and O–H groups in total. The smallest absolute Gasteiger partial charge is 0.0544 e. The van der Waals surface area contributed by atoms with Crippen LogP contribution >= 0.6 is 0 Å². The van der Waals surface area contributed by atoms with Crippen LogP contribution in [0, 0.1) is 0 Å². The molecule has 3 aromatic heterocycles. The Balaban J connectivity index is 1.61. The highest BCUT2D eigenvalue weighted by atomic mass is 15.2. The standard InChI is InChI=1S/C21H25N5/c1-18(14-22-15-19-8-2-5-11-23-19)26(16-20-9-3-6-12-24-20)17-21-10-4-7-13-25-21/h2-13,18,22H,14-17H2,1H3. The zero-order valence-corrected chi connectivity index (χ0v) is 15.1. The quantitative estimate of drug-likeness (QED) is 0.645. The fraction of sp³-hybridized carbons (Fsp3) is 0.286. The Morgan fingerprint density at radius 1 is 0.769 bits per heavy atom. The number of hydrogen-bond donors (Lipinski definition) is 1. The van der Waals surface area contributed by atoms with Crippen molar-refractivity contribution in [3.05, 3.63) is 90.3 Å². The van der Waals surface area contributed by atoms with Gasteiger partial charge in [-0.05, 0) is 43.3 Å². The molecule has 1 atom stereocenters. The van der Waals surface area contributed by atoms with E-state index >= 15 is 0 Å². The predicted molar refractivity (Wildman–Crippen MR) is 103 cm³/mol. The van der Waals surface area contributed by atoms with Crippen LogP contribution in [0.5, 0.6) is 0 Å². The third kappa shape index (κ3) is 5.72. The van der Waals surface area contributed by atoms with Gasteiger partial charge in [0.05, 0.1) is 17.1 Å². The summed E-state index contributed by atoms with van der Waals surface area (Å²) < 4.78 is 0. The van der Waals surface area contributed by atoms with E-state index in [-0.39, 0.29) is 0 Å². The first-order chi connectivity index (χ1) is 12.8. The van der Waals surface area contributed by atoms with Gasteiger partial charge in [-0.15, -0.1) is 0 Å². The molecule has 26 heavy (non-hydrogen) atoms. The molecule has 5 nitrogen and oxygen atoms in total. The molecule has 0 aromatic carbocycles. The van der Waals surface area contributed by atoms with Gasteiger partial charge in [0, 0.05) is 50.8 Å². The van der Waals surface area contributed by atoms with Gasteiger partial charge in [0.1, 0.15) is 0 Å². The van der Waals surface area contributed by atoms with Crippen LogP contribution in [0.1, 0.15) is 24.0 Å². The largest absolute Gasteiger partial charge is 0.310 e. The van der Waals surface area contributed by atoms with Crippen molar-refractivity contribution in [2.45, 2.75) is 32.6 Å². The normalized spacial score (nSPS) is 12.2. The molecular weight excluding hydrogens is 322 g/mol. The van der Waals surface area contributed by atoms with E-state index in [2.05, 4.69) is 44.2 Å². The number of hydrogen-bond acceptors (Lipinski definition) is 5. The average Bonchev–Trinajstić information content (AvgIpc) is 2.70. The molecule has 0 amide bonds. The summed E-state index contributed by atoms with van der Waals surface area (Å²) in [5.41, 5.74) is 3.20. The minimum absolute atomic E-state index is 0.336. The van der Waals surface area contributed by atoms with Crippen LogP contribution in [0.15, 0.2) is 73.2 Å². The third-order valence-corrected chi connectivity index (χ3v) is 4.28. The Morgan fingerprint density at radius 3 is 1.73 bits per heavy atom. The minimum Gasteiger partial charge on any atom is -0.310 e. The number of aromatic nitrogens is 3.